The smallest absolute Gasteiger partial charge is 0.269 e. The van der Waals surface area contributed by atoms with E-state index in [-0.39, 0.29) is 12.3 Å². The lowest BCUT2D eigenvalue weighted by atomic mass is 10.2. The van der Waals surface area contributed by atoms with E-state index >= 15 is 0 Å². The molecule has 0 saturated heterocycles. The quantitative estimate of drug-likeness (QED) is 0.194. The van der Waals surface area contributed by atoms with Crippen LogP contribution in [0.3, 0.4) is 0 Å². The van der Waals surface area contributed by atoms with Crippen molar-refractivity contribution in [3.63, 3.8) is 0 Å². The number of hydrogen-bond acceptors (Lipinski definition) is 6. The molecular formula is C22H17ClN4O3S. The van der Waals surface area contributed by atoms with E-state index in [1.165, 1.54) is 23.9 Å². The predicted molar refractivity (Wildman–Crippen MR) is 120 cm³/mol. The number of benzene rings is 3. The van der Waals surface area contributed by atoms with Crippen molar-refractivity contribution < 1.29 is 9.66 Å². The number of nitrogens with zero attached hydrogens (tertiary/aromatic N) is 4. The first-order valence-corrected chi connectivity index (χ1v) is 10.7. The molecule has 31 heavy (non-hydrogen) atoms. The molecule has 1 heterocycles. The van der Waals surface area contributed by atoms with Gasteiger partial charge in [0.25, 0.3) is 5.69 Å². The van der Waals surface area contributed by atoms with E-state index in [1.54, 1.807) is 12.1 Å². The highest BCUT2D eigenvalue weighted by Crippen LogP contribution is 2.27. The summed E-state index contributed by atoms with van der Waals surface area (Å²) in [5.41, 5.74) is 1.88. The zero-order valence-electron chi connectivity index (χ0n) is 16.2. The van der Waals surface area contributed by atoms with Crippen LogP contribution in [0.4, 0.5) is 5.69 Å². The molecule has 0 fully saturated rings. The molecule has 0 saturated carbocycles. The van der Waals surface area contributed by atoms with Gasteiger partial charge in [-0.25, -0.2) is 0 Å². The lowest BCUT2D eigenvalue weighted by molar-refractivity contribution is -0.384. The fourth-order valence-electron chi connectivity index (χ4n) is 2.86. The molecule has 0 amide bonds. The molecular weight excluding hydrogens is 436 g/mol. The lowest BCUT2D eigenvalue weighted by Crippen LogP contribution is -2.06. The maximum absolute atomic E-state index is 10.8. The summed E-state index contributed by atoms with van der Waals surface area (Å²) < 4.78 is 7.79. The SMILES string of the molecule is O=[N+]([O-])c1ccc(CSc2nnc(COc3ccccc3)n2-c2ccc(Cl)cc2)cc1. The maximum atomic E-state index is 10.8. The molecule has 0 spiro atoms. The van der Waals surface area contributed by atoms with Crippen molar-refractivity contribution in [2.75, 3.05) is 0 Å². The molecule has 9 heteroatoms. The number of non-ortho nitro benzene ring substituents is 1. The van der Waals surface area contributed by atoms with E-state index in [0.29, 0.717) is 21.8 Å². The van der Waals surface area contributed by atoms with E-state index < -0.39 is 4.92 Å². The van der Waals surface area contributed by atoms with Gasteiger partial charge in [-0.3, -0.25) is 14.7 Å². The van der Waals surface area contributed by atoms with Crippen LogP contribution >= 0.6 is 23.4 Å². The van der Waals surface area contributed by atoms with Gasteiger partial charge in [0.1, 0.15) is 12.4 Å². The average Bonchev–Trinajstić information content (AvgIpc) is 3.20. The minimum atomic E-state index is -0.410. The van der Waals surface area contributed by atoms with E-state index in [1.807, 2.05) is 59.2 Å². The van der Waals surface area contributed by atoms with Crippen molar-refractivity contribution in [2.45, 2.75) is 17.5 Å². The Kier molecular flexibility index (Phi) is 6.49. The summed E-state index contributed by atoms with van der Waals surface area (Å²) in [6.45, 7) is 0.248. The van der Waals surface area contributed by atoms with E-state index in [2.05, 4.69) is 10.2 Å². The molecule has 3 aromatic carbocycles. The first kappa shape index (κ1) is 20.9. The lowest BCUT2D eigenvalue weighted by Gasteiger charge is -2.11. The summed E-state index contributed by atoms with van der Waals surface area (Å²) >= 11 is 7.54. The molecule has 0 N–H and O–H groups in total. The number of rotatable bonds is 8. The number of nitro benzene ring substituents is 1. The molecule has 0 unspecified atom stereocenters. The predicted octanol–water partition coefficient (Wildman–Crippen LogP) is 5.70. The first-order chi connectivity index (χ1) is 15.1. The minimum absolute atomic E-state index is 0.0680. The molecule has 7 nitrogen and oxygen atoms in total. The fourth-order valence-corrected chi connectivity index (χ4v) is 3.92. The van der Waals surface area contributed by atoms with Crippen LogP contribution in [0.5, 0.6) is 5.75 Å². The molecule has 0 bridgehead atoms. The molecule has 0 aliphatic heterocycles. The van der Waals surface area contributed by atoms with Crippen molar-refractivity contribution in [2.24, 2.45) is 0 Å². The molecule has 0 aliphatic carbocycles. The molecule has 0 radical (unpaired) electrons. The van der Waals surface area contributed by atoms with Crippen molar-refractivity contribution in [1.82, 2.24) is 14.8 Å². The summed E-state index contributed by atoms with van der Waals surface area (Å²) in [5.74, 6) is 1.98. The van der Waals surface area contributed by atoms with Gasteiger partial charge in [0.05, 0.1) is 4.92 Å². The maximum Gasteiger partial charge on any atom is 0.269 e. The minimum Gasteiger partial charge on any atom is -0.486 e. The van der Waals surface area contributed by atoms with Crippen LogP contribution in [0.25, 0.3) is 5.69 Å². The Morgan fingerprint density at radius 3 is 2.35 bits per heavy atom. The van der Waals surface area contributed by atoms with Crippen LogP contribution in [-0.4, -0.2) is 19.7 Å². The van der Waals surface area contributed by atoms with Crippen LogP contribution in [-0.2, 0) is 12.4 Å². The van der Waals surface area contributed by atoms with Gasteiger partial charge in [-0.05, 0) is 42.0 Å². The monoisotopic (exact) mass is 452 g/mol. The van der Waals surface area contributed by atoms with Crippen molar-refractivity contribution in [1.29, 1.82) is 0 Å². The van der Waals surface area contributed by atoms with Crippen molar-refractivity contribution in [3.05, 3.63) is 105 Å². The van der Waals surface area contributed by atoms with Crippen molar-refractivity contribution in [3.8, 4) is 11.4 Å². The van der Waals surface area contributed by atoms with Gasteiger partial charge >= 0.3 is 0 Å². The number of halogens is 1. The molecule has 4 rings (SSSR count). The summed E-state index contributed by atoms with van der Waals surface area (Å²) in [4.78, 5) is 10.4. The van der Waals surface area contributed by atoms with Crippen LogP contribution in [0.15, 0.2) is 84.0 Å². The molecule has 1 aromatic heterocycles. The van der Waals surface area contributed by atoms with Crippen LogP contribution in [0.2, 0.25) is 5.02 Å². The van der Waals surface area contributed by atoms with Crippen LogP contribution in [0.1, 0.15) is 11.4 Å². The first-order valence-electron chi connectivity index (χ1n) is 9.34. The number of hydrogen-bond donors (Lipinski definition) is 0. The number of para-hydroxylation sites is 1. The number of ether oxygens (including phenoxy) is 1. The van der Waals surface area contributed by atoms with Gasteiger partial charge in [0, 0.05) is 28.6 Å². The topological polar surface area (TPSA) is 83.1 Å². The third-order valence-corrected chi connectivity index (χ3v) is 5.66. The second-order valence-electron chi connectivity index (χ2n) is 6.52. The second kappa shape index (κ2) is 9.63. The van der Waals surface area contributed by atoms with Gasteiger partial charge in [0.2, 0.25) is 0 Å². The van der Waals surface area contributed by atoms with E-state index in [9.17, 15) is 10.1 Å². The highest BCUT2D eigenvalue weighted by Gasteiger charge is 2.16. The Morgan fingerprint density at radius 1 is 0.968 bits per heavy atom. The zero-order valence-corrected chi connectivity index (χ0v) is 17.8. The zero-order chi connectivity index (χ0) is 21.6. The summed E-state index contributed by atoms with van der Waals surface area (Å²) in [6.07, 6.45) is 0. The van der Waals surface area contributed by atoms with Gasteiger partial charge in [0.15, 0.2) is 11.0 Å². The van der Waals surface area contributed by atoms with E-state index in [0.717, 1.165) is 17.0 Å². The Bertz CT molecular complexity index is 1170. The Balaban J connectivity index is 1.56. The van der Waals surface area contributed by atoms with Crippen LogP contribution < -0.4 is 4.74 Å². The summed E-state index contributed by atoms with van der Waals surface area (Å²) in [6, 6.07) is 23.4. The largest absolute Gasteiger partial charge is 0.486 e. The van der Waals surface area contributed by atoms with Gasteiger partial charge in [-0.15, -0.1) is 10.2 Å². The fraction of sp³-hybridized carbons (Fsp3) is 0.0909. The average molecular weight is 453 g/mol. The normalized spacial score (nSPS) is 10.7. The number of thioether (sulfide) groups is 1. The Hall–Kier alpha value is -3.36. The van der Waals surface area contributed by atoms with Crippen LogP contribution in [0, 0.1) is 10.1 Å². The van der Waals surface area contributed by atoms with Crippen molar-refractivity contribution >= 4 is 29.1 Å². The summed E-state index contributed by atoms with van der Waals surface area (Å²) in [5, 5.41) is 20.8. The third kappa shape index (κ3) is 5.22. The van der Waals surface area contributed by atoms with Gasteiger partial charge in [-0.1, -0.05) is 53.7 Å². The highest BCUT2D eigenvalue weighted by molar-refractivity contribution is 7.98. The second-order valence-corrected chi connectivity index (χ2v) is 7.90. The van der Waals surface area contributed by atoms with Gasteiger partial charge in [-0.2, -0.15) is 0 Å². The number of nitro groups is 1. The number of aromatic nitrogens is 3. The molecule has 4 aromatic rings. The highest BCUT2D eigenvalue weighted by atomic mass is 35.5. The summed E-state index contributed by atoms with van der Waals surface area (Å²) in [7, 11) is 0. The molecule has 0 aliphatic rings. The standard InChI is InChI=1S/C22H17ClN4O3S/c23-17-8-12-18(13-9-17)26-21(14-30-20-4-2-1-3-5-20)24-25-22(26)31-15-16-6-10-19(11-7-16)27(28)29/h1-13H,14-15H2. The molecule has 156 valence electrons. The Morgan fingerprint density at radius 2 is 1.68 bits per heavy atom. The molecule has 0 atom stereocenters. The van der Waals surface area contributed by atoms with Gasteiger partial charge < -0.3 is 4.74 Å². The Labute approximate surface area is 187 Å². The van der Waals surface area contributed by atoms with E-state index in [4.69, 9.17) is 16.3 Å². The third-order valence-electron chi connectivity index (χ3n) is 4.41.